The van der Waals surface area contributed by atoms with Gasteiger partial charge in [-0.3, -0.25) is 4.79 Å². The van der Waals surface area contributed by atoms with E-state index in [9.17, 15) is 4.79 Å². The maximum Gasteiger partial charge on any atom is 0.276 e. The quantitative estimate of drug-likeness (QED) is 0.911. The molecule has 1 aromatic rings. The minimum absolute atomic E-state index is 0.0335. The second-order valence-corrected chi connectivity index (χ2v) is 7.82. The van der Waals surface area contributed by atoms with Crippen LogP contribution in [0.5, 0.6) is 0 Å². The van der Waals surface area contributed by atoms with Gasteiger partial charge in [-0.25, -0.2) is 4.68 Å². The standard InChI is InChI=1S/C15H25N5OS/c1-11(2)14-10-19(7-8-22-14)15(21)13-9-20(18-17-13)12-3-5-16-6-4-12/h9,11-12,14,16H,3-8,10H2,1-2H3. The molecule has 2 aliphatic heterocycles. The van der Waals surface area contributed by atoms with E-state index in [4.69, 9.17) is 0 Å². The number of carbonyl (C=O) groups is 1. The lowest BCUT2D eigenvalue weighted by atomic mass is 10.1. The van der Waals surface area contributed by atoms with Gasteiger partial charge in [0.1, 0.15) is 0 Å². The topological polar surface area (TPSA) is 63.1 Å². The van der Waals surface area contributed by atoms with Crippen molar-refractivity contribution < 1.29 is 4.79 Å². The molecule has 2 saturated heterocycles. The van der Waals surface area contributed by atoms with E-state index in [0.717, 1.165) is 44.8 Å². The molecule has 3 rings (SSSR count). The Morgan fingerprint density at radius 3 is 2.91 bits per heavy atom. The van der Waals surface area contributed by atoms with Crippen molar-refractivity contribution in [2.24, 2.45) is 5.92 Å². The predicted molar refractivity (Wildman–Crippen MR) is 88.2 cm³/mol. The molecular weight excluding hydrogens is 298 g/mol. The van der Waals surface area contributed by atoms with Gasteiger partial charge in [-0.2, -0.15) is 11.8 Å². The minimum atomic E-state index is 0.0335. The molecule has 1 N–H and O–H groups in total. The summed E-state index contributed by atoms with van der Waals surface area (Å²) in [5, 5.41) is 12.2. The number of piperidine rings is 1. The van der Waals surface area contributed by atoms with Crippen LogP contribution in [0.2, 0.25) is 0 Å². The van der Waals surface area contributed by atoms with Crippen LogP contribution in [0.15, 0.2) is 6.20 Å². The maximum atomic E-state index is 12.7. The van der Waals surface area contributed by atoms with Crippen molar-refractivity contribution in [3.8, 4) is 0 Å². The Kier molecular flexibility index (Phi) is 5.03. The zero-order valence-corrected chi connectivity index (χ0v) is 14.2. The number of hydrogen-bond donors (Lipinski definition) is 1. The van der Waals surface area contributed by atoms with Crippen molar-refractivity contribution in [3.63, 3.8) is 0 Å². The van der Waals surface area contributed by atoms with Gasteiger partial charge in [0.15, 0.2) is 5.69 Å². The minimum Gasteiger partial charge on any atom is -0.335 e. The fourth-order valence-electron chi connectivity index (χ4n) is 3.05. The van der Waals surface area contributed by atoms with Gasteiger partial charge in [0.05, 0.1) is 12.2 Å². The summed E-state index contributed by atoms with van der Waals surface area (Å²) in [5.41, 5.74) is 0.493. The molecule has 0 radical (unpaired) electrons. The summed E-state index contributed by atoms with van der Waals surface area (Å²) in [6.45, 7) is 8.09. The van der Waals surface area contributed by atoms with Crippen LogP contribution in [0, 0.1) is 5.92 Å². The summed E-state index contributed by atoms with van der Waals surface area (Å²) in [7, 11) is 0. The summed E-state index contributed by atoms with van der Waals surface area (Å²) in [4.78, 5) is 14.6. The zero-order chi connectivity index (χ0) is 15.5. The molecule has 7 heteroatoms. The molecule has 0 spiro atoms. The Hall–Kier alpha value is -1.08. The Bertz CT molecular complexity index is 512. The summed E-state index contributed by atoms with van der Waals surface area (Å²) in [6, 6.07) is 0.371. The van der Waals surface area contributed by atoms with Gasteiger partial charge < -0.3 is 10.2 Å². The number of nitrogens with zero attached hydrogens (tertiary/aromatic N) is 4. The van der Waals surface area contributed by atoms with E-state index >= 15 is 0 Å². The number of rotatable bonds is 3. The highest BCUT2D eigenvalue weighted by Gasteiger charge is 2.28. The van der Waals surface area contributed by atoms with Gasteiger partial charge in [-0.1, -0.05) is 19.1 Å². The predicted octanol–water partition coefficient (Wildman–Crippen LogP) is 1.42. The van der Waals surface area contributed by atoms with Crippen molar-refractivity contribution in [3.05, 3.63) is 11.9 Å². The smallest absolute Gasteiger partial charge is 0.276 e. The SMILES string of the molecule is CC(C)C1CN(C(=O)c2cn(C3CCNCC3)nn2)CCS1. The average Bonchev–Trinajstić information content (AvgIpc) is 3.05. The molecule has 3 heterocycles. The van der Waals surface area contributed by atoms with Crippen LogP contribution in [-0.2, 0) is 0 Å². The van der Waals surface area contributed by atoms with E-state index in [1.165, 1.54) is 0 Å². The molecule has 6 nitrogen and oxygen atoms in total. The summed E-state index contributed by atoms with van der Waals surface area (Å²) < 4.78 is 1.88. The highest BCUT2D eigenvalue weighted by atomic mass is 32.2. The molecule has 2 fully saturated rings. The maximum absolute atomic E-state index is 12.7. The summed E-state index contributed by atoms with van der Waals surface area (Å²) >= 11 is 1.97. The Morgan fingerprint density at radius 1 is 1.41 bits per heavy atom. The van der Waals surface area contributed by atoms with Crippen LogP contribution in [0.25, 0.3) is 0 Å². The highest BCUT2D eigenvalue weighted by Crippen LogP contribution is 2.26. The second-order valence-electron chi connectivity index (χ2n) is 6.47. The monoisotopic (exact) mass is 323 g/mol. The number of nitrogens with one attached hydrogen (secondary N) is 1. The van der Waals surface area contributed by atoms with Crippen LogP contribution >= 0.6 is 11.8 Å². The molecule has 1 aromatic heterocycles. The first kappa shape index (κ1) is 15.8. The lowest BCUT2D eigenvalue weighted by Crippen LogP contribution is -2.43. The molecule has 0 aliphatic carbocycles. The fourth-order valence-corrected chi connectivity index (χ4v) is 4.35. The molecule has 0 aromatic carbocycles. The van der Waals surface area contributed by atoms with Gasteiger partial charge in [-0.15, -0.1) is 5.10 Å². The molecule has 0 bridgehead atoms. The second kappa shape index (κ2) is 7.00. The first-order chi connectivity index (χ1) is 10.6. The van der Waals surface area contributed by atoms with Gasteiger partial charge >= 0.3 is 0 Å². The fraction of sp³-hybridized carbons (Fsp3) is 0.800. The van der Waals surface area contributed by atoms with E-state index in [1.807, 2.05) is 27.5 Å². The van der Waals surface area contributed by atoms with Crippen LogP contribution in [0.3, 0.4) is 0 Å². The van der Waals surface area contributed by atoms with Crippen LogP contribution < -0.4 is 5.32 Å². The number of amides is 1. The van der Waals surface area contributed by atoms with E-state index in [2.05, 4.69) is 29.5 Å². The zero-order valence-electron chi connectivity index (χ0n) is 13.4. The van der Waals surface area contributed by atoms with Crippen LogP contribution in [-0.4, -0.2) is 63.0 Å². The van der Waals surface area contributed by atoms with Crippen molar-refractivity contribution >= 4 is 17.7 Å². The molecule has 1 unspecified atom stereocenters. The Morgan fingerprint density at radius 2 is 2.18 bits per heavy atom. The number of hydrogen-bond acceptors (Lipinski definition) is 5. The third-order valence-electron chi connectivity index (χ3n) is 4.54. The van der Waals surface area contributed by atoms with Crippen molar-refractivity contribution in [1.82, 2.24) is 25.2 Å². The highest BCUT2D eigenvalue weighted by molar-refractivity contribution is 8.00. The average molecular weight is 323 g/mol. The first-order valence-corrected chi connectivity index (χ1v) is 9.23. The lowest BCUT2D eigenvalue weighted by Gasteiger charge is -2.33. The van der Waals surface area contributed by atoms with Gasteiger partial charge in [0.2, 0.25) is 0 Å². The van der Waals surface area contributed by atoms with E-state index in [1.54, 1.807) is 0 Å². The van der Waals surface area contributed by atoms with Crippen molar-refractivity contribution in [2.75, 3.05) is 31.9 Å². The normalized spacial score (nSPS) is 24.0. The number of thioether (sulfide) groups is 1. The number of aromatic nitrogens is 3. The summed E-state index contributed by atoms with van der Waals surface area (Å²) in [6.07, 6.45) is 3.93. The Balaban J connectivity index is 1.66. The molecular formula is C15H25N5OS. The van der Waals surface area contributed by atoms with Gasteiger partial charge in [0, 0.05) is 24.1 Å². The number of carbonyl (C=O) groups excluding carboxylic acids is 1. The third-order valence-corrected chi connectivity index (χ3v) is 6.08. The van der Waals surface area contributed by atoms with E-state index in [-0.39, 0.29) is 5.91 Å². The molecule has 22 heavy (non-hydrogen) atoms. The molecule has 2 aliphatic rings. The van der Waals surface area contributed by atoms with E-state index < -0.39 is 0 Å². The van der Waals surface area contributed by atoms with Gasteiger partial charge in [-0.05, 0) is 31.8 Å². The van der Waals surface area contributed by atoms with E-state index in [0.29, 0.717) is 22.9 Å². The third kappa shape index (κ3) is 3.46. The largest absolute Gasteiger partial charge is 0.335 e. The van der Waals surface area contributed by atoms with Crippen LogP contribution in [0.4, 0.5) is 0 Å². The molecule has 1 atom stereocenters. The lowest BCUT2D eigenvalue weighted by molar-refractivity contribution is 0.0750. The van der Waals surface area contributed by atoms with Crippen molar-refractivity contribution in [1.29, 1.82) is 0 Å². The molecule has 122 valence electrons. The first-order valence-electron chi connectivity index (χ1n) is 8.18. The van der Waals surface area contributed by atoms with Gasteiger partial charge in [0.25, 0.3) is 5.91 Å². The molecule has 0 saturated carbocycles. The van der Waals surface area contributed by atoms with Crippen LogP contribution in [0.1, 0.15) is 43.2 Å². The summed E-state index contributed by atoms with van der Waals surface area (Å²) in [5.74, 6) is 1.63. The molecule has 1 amide bonds. The van der Waals surface area contributed by atoms with Crippen molar-refractivity contribution in [2.45, 2.75) is 38.0 Å². The Labute approximate surface area is 136 Å².